The predicted molar refractivity (Wildman–Crippen MR) is 78.2 cm³/mol. The summed E-state index contributed by atoms with van der Waals surface area (Å²) in [5.41, 5.74) is 0.922. The Morgan fingerprint density at radius 1 is 1.50 bits per heavy atom. The molecule has 5 heteroatoms. The van der Waals surface area contributed by atoms with Crippen molar-refractivity contribution in [2.45, 2.75) is 26.7 Å². The molecule has 0 aromatic heterocycles. The molecule has 0 bridgehead atoms. The van der Waals surface area contributed by atoms with Crippen LogP contribution in [0.4, 0.5) is 5.69 Å². The van der Waals surface area contributed by atoms with Gasteiger partial charge in [0.25, 0.3) is 0 Å². The number of rotatable bonds is 5. The second-order valence-corrected chi connectivity index (χ2v) is 5.62. The van der Waals surface area contributed by atoms with Gasteiger partial charge in [-0.15, -0.1) is 0 Å². The van der Waals surface area contributed by atoms with Gasteiger partial charge in [-0.25, -0.2) is 0 Å². The molecule has 0 spiro atoms. The van der Waals surface area contributed by atoms with Crippen LogP contribution in [-0.4, -0.2) is 36.1 Å². The maximum absolute atomic E-state index is 11.0. The fourth-order valence-electron chi connectivity index (χ4n) is 2.67. The quantitative estimate of drug-likeness (QED) is 0.613. The first kappa shape index (κ1) is 14.8. The number of hydrogen-bond donors (Lipinski definition) is 0. The van der Waals surface area contributed by atoms with E-state index in [4.69, 9.17) is 4.74 Å². The number of nitro benzene ring substituents is 1. The molecule has 1 fully saturated rings. The molecule has 1 aromatic carbocycles. The van der Waals surface area contributed by atoms with E-state index in [0.29, 0.717) is 12.4 Å². The van der Waals surface area contributed by atoms with E-state index in [1.165, 1.54) is 12.8 Å². The number of nitro groups is 1. The Labute approximate surface area is 119 Å². The fourth-order valence-corrected chi connectivity index (χ4v) is 2.67. The Morgan fingerprint density at radius 3 is 3.00 bits per heavy atom. The average Bonchev–Trinajstić information content (AvgIpc) is 2.40. The second kappa shape index (κ2) is 6.70. The van der Waals surface area contributed by atoms with Gasteiger partial charge in [0.05, 0.1) is 4.92 Å². The number of benzene rings is 1. The van der Waals surface area contributed by atoms with Crippen molar-refractivity contribution < 1.29 is 9.66 Å². The van der Waals surface area contributed by atoms with Crippen LogP contribution >= 0.6 is 0 Å². The lowest BCUT2D eigenvalue weighted by Crippen LogP contribution is -2.37. The molecule has 0 amide bonds. The van der Waals surface area contributed by atoms with Crippen molar-refractivity contribution in [1.82, 2.24) is 4.90 Å². The third kappa shape index (κ3) is 3.93. The monoisotopic (exact) mass is 278 g/mol. The lowest BCUT2D eigenvalue weighted by molar-refractivity contribution is -0.385. The van der Waals surface area contributed by atoms with Gasteiger partial charge in [-0.05, 0) is 43.9 Å². The topological polar surface area (TPSA) is 55.6 Å². The van der Waals surface area contributed by atoms with Crippen LogP contribution in [0.1, 0.15) is 25.3 Å². The van der Waals surface area contributed by atoms with Gasteiger partial charge < -0.3 is 4.74 Å². The Hall–Kier alpha value is -1.62. The fraction of sp³-hybridized carbons (Fsp3) is 0.600. The van der Waals surface area contributed by atoms with Crippen LogP contribution in [0.15, 0.2) is 18.2 Å². The van der Waals surface area contributed by atoms with E-state index in [1.807, 2.05) is 13.0 Å². The standard InChI is InChI=1S/C15H22N2O3/c1-12-5-6-15(14(10-12)17(18)19)20-9-8-16-7-3-4-13(2)11-16/h5-6,10,13H,3-4,7-9,11H2,1-2H3/t13-/m1/s1. The van der Waals surface area contributed by atoms with Crippen LogP contribution in [0, 0.1) is 23.0 Å². The van der Waals surface area contributed by atoms with E-state index < -0.39 is 0 Å². The van der Waals surface area contributed by atoms with Gasteiger partial charge in [-0.3, -0.25) is 15.0 Å². The molecule has 0 N–H and O–H groups in total. The molecule has 1 aliphatic rings. The third-order valence-electron chi connectivity index (χ3n) is 3.72. The maximum atomic E-state index is 11.0. The van der Waals surface area contributed by atoms with E-state index in [0.717, 1.165) is 31.1 Å². The van der Waals surface area contributed by atoms with Crippen molar-refractivity contribution >= 4 is 5.69 Å². The molecule has 110 valence electrons. The van der Waals surface area contributed by atoms with Crippen LogP contribution in [0.5, 0.6) is 5.75 Å². The minimum Gasteiger partial charge on any atom is -0.485 e. The number of aryl methyl sites for hydroxylation is 1. The Bertz CT molecular complexity index is 476. The summed E-state index contributed by atoms with van der Waals surface area (Å²) >= 11 is 0. The minimum atomic E-state index is -0.384. The van der Waals surface area contributed by atoms with E-state index in [2.05, 4.69) is 11.8 Å². The summed E-state index contributed by atoms with van der Waals surface area (Å²) < 4.78 is 5.61. The van der Waals surface area contributed by atoms with Gasteiger partial charge in [0.1, 0.15) is 6.61 Å². The molecule has 2 rings (SSSR count). The summed E-state index contributed by atoms with van der Waals surface area (Å²) in [6, 6.07) is 5.08. The highest BCUT2D eigenvalue weighted by Gasteiger charge is 2.18. The molecular weight excluding hydrogens is 256 g/mol. The minimum absolute atomic E-state index is 0.0528. The average molecular weight is 278 g/mol. The van der Waals surface area contributed by atoms with Crippen LogP contribution in [0.25, 0.3) is 0 Å². The number of likely N-dealkylation sites (tertiary alicyclic amines) is 1. The van der Waals surface area contributed by atoms with Gasteiger partial charge in [0.15, 0.2) is 5.75 Å². The summed E-state index contributed by atoms with van der Waals surface area (Å²) in [4.78, 5) is 13.0. The normalized spacial score (nSPS) is 19.8. The molecule has 1 atom stereocenters. The van der Waals surface area contributed by atoms with Gasteiger partial charge in [-0.2, -0.15) is 0 Å². The molecule has 0 unspecified atom stereocenters. The predicted octanol–water partition coefficient (Wildman–Crippen LogP) is 3.01. The molecule has 0 saturated carbocycles. The van der Waals surface area contributed by atoms with Gasteiger partial charge in [0, 0.05) is 19.2 Å². The molecule has 0 radical (unpaired) electrons. The van der Waals surface area contributed by atoms with Crippen LogP contribution in [-0.2, 0) is 0 Å². The zero-order valence-corrected chi connectivity index (χ0v) is 12.2. The molecule has 20 heavy (non-hydrogen) atoms. The summed E-state index contributed by atoms with van der Waals surface area (Å²) in [6.45, 7) is 7.62. The van der Waals surface area contributed by atoms with Crippen LogP contribution < -0.4 is 4.74 Å². The lowest BCUT2D eigenvalue weighted by atomic mass is 10.0. The highest BCUT2D eigenvalue weighted by atomic mass is 16.6. The summed E-state index contributed by atoms with van der Waals surface area (Å²) in [5.74, 6) is 1.10. The van der Waals surface area contributed by atoms with Gasteiger partial charge >= 0.3 is 5.69 Å². The van der Waals surface area contributed by atoms with E-state index in [1.54, 1.807) is 12.1 Å². The number of piperidine rings is 1. The highest BCUT2D eigenvalue weighted by molar-refractivity contribution is 5.48. The Balaban J connectivity index is 1.89. The third-order valence-corrected chi connectivity index (χ3v) is 3.72. The maximum Gasteiger partial charge on any atom is 0.311 e. The van der Waals surface area contributed by atoms with E-state index >= 15 is 0 Å². The molecular formula is C15H22N2O3. The highest BCUT2D eigenvalue weighted by Crippen LogP contribution is 2.27. The van der Waals surface area contributed by atoms with Crippen molar-refractivity contribution in [2.75, 3.05) is 26.2 Å². The van der Waals surface area contributed by atoms with Crippen LogP contribution in [0.2, 0.25) is 0 Å². The van der Waals surface area contributed by atoms with Crippen molar-refractivity contribution in [1.29, 1.82) is 0 Å². The zero-order valence-electron chi connectivity index (χ0n) is 12.2. The summed E-state index contributed by atoms with van der Waals surface area (Å²) in [5, 5.41) is 11.0. The SMILES string of the molecule is Cc1ccc(OCCN2CCC[C@@H](C)C2)c([N+](=O)[O-])c1. The van der Waals surface area contributed by atoms with Crippen molar-refractivity contribution in [2.24, 2.45) is 5.92 Å². The van der Waals surface area contributed by atoms with Crippen LogP contribution in [0.3, 0.4) is 0 Å². The van der Waals surface area contributed by atoms with E-state index in [9.17, 15) is 10.1 Å². The van der Waals surface area contributed by atoms with E-state index in [-0.39, 0.29) is 10.6 Å². The first-order chi connectivity index (χ1) is 9.56. The Morgan fingerprint density at radius 2 is 2.30 bits per heavy atom. The molecule has 1 aliphatic heterocycles. The number of ether oxygens (including phenoxy) is 1. The first-order valence-corrected chi connectivity index (χ1v) is 7.16. The molecule has 1 aromatic rings. The van der Waals surface area contributed by atoms with Crippen molar-refractivity contribution in [3.8, 4) is 5.75 Å². The molecule has 1 heterocycles. The van der Waals surface area contributed by atoms with Gasteiger partial charge in [-0.1, -0.05) is 13.0 Å². The molecule has 5 nitrogen and oxygen atoms in total. The second-order valence-electron chi connectivity index (χ2n) is 5.62. The first-order valence-electron chi connectivity index (χ1n) is 7.16. The van der Waals surface area contributed by atoms with Crippen molar-refractivity contribution in [3.05, 3.63) is 33.9 Å². The number of nitrogens with zero attached hydrogens (tertiary/aromatic N) is 2. The molecule has 1 saturated heterocycles. The van der Waals surface area contributed by atoms with Crippen molar-refractivity contribution in [3.63, 3.8) is 0 Å². The number of hydrogen-bond acceptors (Lipinski definition) is 4. The van der Waals surface area contributed by atoms with Gasteiger partial charge in [0.2, 0.25) is 0 Å². The summed E-state index contributed by atoms with van der Waals surface area (Å²) in [6.07, 6.45) is 2.52. The largest absolute Gasteiger partial charge is 0.485 e. The smallest absolute Gasteiger partial charge is 0.311 e. The Kier molecular flexibility index (Phi) is 4.95. The summed E-state index contributed by atoms with van der Waals surface area (Å²) in [7, 11) is 0. The molecule has 0 aliphatic carbocycles. The lowest BCUT2D eigenvalue weighted by Gasteiger charge is -2.30. The zero-order chi connectivity index (χ0) is 14.5.